The quantitative estimate of drug-likeness (QED) is 0.778. The van der Waals surface area contributed by atoms with Gasteiger partial charge < -0.3 is 19.9 Å². The lowest BCUT2D eigenvalue weighted by Gasteiger charge is -2.22. The zero-order chi connectivity index (χ0) is 14.4. The Morgan fingerprint density at radius 2 is 2.30 bits per heavy atom. The van der Waals surface area contributed by atoms with Gasteiger partial charge in [0.05, 0.1) is 17.7 Å². The first-order chi connectivity index (χ1) is 9.70. The largest absolute Gasteiger partial charge is 0.503 e. The molecule has 0 radical (unpaired) electrons. The molecule has 112 valence electrons. The van der Waals surface area contributed by atoms with Crippen LogP contribution in [0.15, 0.2) is 16.6 Å². The SMILES string of the molecule is COc1cc(CNCCC2CCCCO2)cc(Br)c1O. The van der Waals surface area contributed by atoms with Crippen LogP contribution in [0.25, 0.3) is 0 Å². The molecule has 1 heterocycles. The third kappa shape index (κ3) is 4.36. The zero-order valence-electron chi connectivity index (χ0n) is 11.8. The van der Waals surface area contributed by atoms with Gasteiger partial charge >= 0.3 is 0 Å². The number of benzene rings is 1. The summed E-state index contributed by atoms with van der Waals surface area (Å²) in [6.07, 6.45) is 5.13. The van der Waals surface area contributed by atoms with E-state index in [0.29, 0.717) is 16.3 Å². The van der Waals surface area contributed by atoms with Crippen LogP contribution in [-0.4, -0.2) is 31.5 Å². The van der Waals surface area contributed by atoms with E-state index in [1.807, 2.05) is 12.1 Å². The molecule has 2 N–H and O–H groups in total. The Balaban J connectivity index is 1.77. The van der Waals surface area contributed by atoms with Crippen molar-refractivity contribution >= 4 is 15.9 Å². The van der Waals surface area contributed by atoms with E-state index in [4.69, 9.17) is 9.47 Å². The van der Waals surface area contributed by atoms with Crippen molar-refractivity contribution < 1.29 is 14.6 Å². The molecule has 1 fully saturated rings. The highest BCUT2D eigenvalue weighted by atomic mass is 79.9. The minimum absolute atomic E-state index is 0.145. The molecule has 0 saturated carbocycles. The van der Waals surface area contributed by atoms with E-state index in [2.05, 4.69) is 21.2 Å². The minimum atomic E-state index is 0.145. The number of methoxy groups -OCH3 is 1. The van der Waals surface area contributed by atoms with Crippen LogP contribution in [0, 0.1) is 0 Å². The molecule has 1 saturated heterocycles. The Labute approximate surface area is 128 Å². The smallest absolute Gasteiger partial charge is 0.172 e. The average molecular weight is 344 g/mol. The molecule has 0 amide bonds. The first kappa shape index (κ1) is 15.6. The number of rotatable bonds is 6. The van der Waals surface area contributed by atoms with Gasteiger partial charge in [-0.25, -0.2) is 0 Å². The number of nitrogens with one attached hydrogen (secondary N) is 1. The van der Waals surface area contributed by atoms with Crippen molar-refractivity contribution in [2.45, 2.75) is 38.3 Å². The van der Waals surface area contributed by atoms with Crippen LogP contribution >= 0.6 is 15.9 Å². The normalized spacial score (nSPS) is 19.0. The summed E-state index contributed by atoms with van der Waals surface area (Å²) < 4.78 is 11.5. The number of ether oxygens (including phenoxy) is 2. The van der Waals surface area contributed by atoms with Gasteiger partial charge in [0.1, 0.15) is 0 Å². The third-order valence-corrected chi connectivity index (χ3v) is 4.16. The fourth-order valence-corrected chi connectivity index (χ4v) is 2.91. The highest BCUT2D eigenvalue weighted by molar-refractivity contribution is 9.10. The molecule has 0 aromatic heterocycles. The third-order valence-electron chi connectivity index (χ3n) is 3.55. The standard InChI is InChI=1S/C15H22BrNO3/c1-19-14-9-11(8-13(16)15(14)18)10-17-6-5-12-4-2-3-7-20-12/h8-9,12,17-18H,2-7,10H2,1H3. The summed E-state index contributed by atoms with van der Waals surface area (Å²) in [6, 6.07) is 3.76. The molecule has 20 heavy (non-hydrogen) atoms. The zero-order valence-corrected chi connectivity index (χ0v) is 13.4. The van der Waals surface area contributed by atoms with E-state index in [-0.39, 0.29) is 5.75 Å². The van der Waals surface area contributed by atoms with Gasteiger partial charge in [0.25, 0.3) is 0 Å². The predicted molar refractivity (Wildman–Crippen MR) is 82.3 cm³/mol. The van der Waals surface area contributed by atoms with E-state index in [0.717, 1.165) is 31.7 Å². The van der Waals surface area contributed by atoms with Crippen molar-refractivity contribution in [1.82, 2.24) is 5.32 Å². The maximum absolute atomic E-state index is 9.75. The highest BCUT2D eigenvalue weighted by Crippen LogP contribution is 2.35. The first-order valence-corrected chi connectivity index (χ1v) is 7.87. The van der Waals surface area contributed by atoms with Crippen LogP contribution in [0.4, 0.5) is 0 Å². The van der Waals surface area contributed by atoms with Gasteiger partial charge in [-0.3, -0.25) is 0 Å². The second kappa shape index (κ2) is 7.86. The van der Waals surface area contributed by atoms with E-state index in [1.165, 1.54) is 19.3 Å². The highest BCUT2D eigenvalue weighted by Gasteiger charge is 2.13. The Hall–Kier alpha value is -0.780. The maximum Gasteiger partial charge on any atom is 0.172 e. The molecule has 1 aliphatic rings. The molecule has 0 aliphatic carbocycles. The van der Waals surface area contributed by atoms with Crippen LogP contribution in [0.3, 0.4) is 0 Å². The number of hydrogen-bond acceptors (Lipinski definition) is 4. The van der Waals surface area contributed by atoms with Gasteiger partial charge in [0, 0.05) is 13.2 Å². The minimum Gasteiger partial charge on any atom is -0.503 e. The first-order valence-electron chi connectivity index (χ1n) is 7.08. The number of phenols is 1. The van der Waals surface area contributed by atoms with Crippen molar-refractivity contribution in [3.8, 4) is 11.5 Å². The van der Waals surface area contributed by atoms with E-state index in [9.17, 15) is 5.11 Å². The van der Waals surface area contributed by atoms with Gasteiger partial charge in [0.2, 0.25) is 0 Å². The molecule has 1 aromatic carbocycles. The van der Waals surface area contributed by atoms with Crippen LogP contribution in [0.5, 0.6) is 11.5 Å². The lowest BCUT2D eigenvalue weighted by Crippen LogP contribution is -2.25. The molecule has 0 spiro atoms. The van der Waals surface area contributed by atoms with Gasteiger partial charge in [0.15, 0.2) is 11.5 Å². The lowest BCUT2D eigenvalue weighted by molar-refractivity contribution is 0.0115. The summed E-state index contributed by atoms with van der Waals surface area (Å²) >= 11 is 3.33. The fourth-order valence-electron chi connectivity index (χ4n) is 2.42. The van der Waals surface area contributed by atoms with E-state index < -0.39 is 0 Å². The Bertz CT molecular complexity index is 433. The van der Waals surface area contributed by atoms with Gasteiger partial charge in [-0.1, -0.05) is 0 Å². The van der Waals surface area contributed by atoms with Crippen molar-refractivity contribution in [3.63, 3.8) is 0 Å². The molecule has 1 atom stereocenters. The molecule has 2 rings (SSSR count). The molecule has 1 aromatic rings. The van der Waals surface area contributed by atoms with Gasteiger partial charge in [-0.05, 0) is 65.9 Å². The number of halogens is 1. The second-order valence-electron chi connectivity index (χ2n) is 5.08. The van der Waals surface area contributed by atoms with Crippen LogP contribution < -0.4 is 10.1 Å². The monoisotopic (exact) mass is 343 g/mol. The molecular formula is C15H22BrNO3. The summed E-state index contributed by atoms with van der Waals surface area (Å²) in [7, 11) is 1.55. The van der Waals surface area contributed by atoms with Gasteiger partial charge in [-0.2, -0.15) is 0 Å². The summed E-state index contributed by atoms with van der Waals surface area (Å²) in [4.78, 5) is 0. The Morgan fingerprint density at radius 1 is 1.45 bits per heavy atom. The summed E-state index contributed by atoms with van der Waals surface area (Å²) in [5.41, 5.74) is 1.08. The molecule has 5 heteroatoms. The van der Waals surface area contributed by atoms with Crippen LogP contribution in [-0.2, 0) is 11.3 Å². The van der Waals surface area contributed by atoms with E-state index >= 15 is 0 Å². The topological polar surface area (TPSA) is 50.7 Å². The van der Waals surface area contributed by atoms with Crippen LogP contribution in [0.1, 0.15) is 31.2 Å². The van der Waals surface area contributed by atoms with Crippen molar-refractivity contribution in [3.05, 3.63) is 22.2 Å². The lowest BCUT2D eigenvalue weighted by atomic mass is 10.1. The predicted octanol–water partition coefficient (Wildman–Crippen LogP) is 3.21. The van der Waals surface area contributed by atoms with Gasteiger partial charge in [-0.15, -0.1) is 0 Å². The van der Waals surface area contributed by atoms with Crippen molar-refractivity contribution in [1.29, 1.82) is 0 Å². The summed E-state index contributed by atoms with van der Waals surface area (Å²) in [6.45, 7) is 2.60. The number of aromatic hydroxyl groups is 1. The van der Waals surface area contributed by atoms with Crippen molar-refractivity contribution in [2.24, 2.45) is 0 Å². The summed E-state index contributed by atoms with van der Waals surface area (Å²) in [5, 5.41) is 13.2. The molecule has 4 nitrogen and oxygen atoms in total. The molecule has 1 unspecified atom stereocenters. The van der Waals surface area contributed by atoms with Crippen LogP contribution in [0.2, 0.25) is 0 Å². The maximum atomic E-state index is 9.75. The molecule has 0 bridgehead atoms. The molecular weight excluding hydrogens is 322 g/mol. The summed E-state index contributed by atoms with van der Waals surface area (Å²) in [5.74, 6) is 0.638. The van der Waals surface area contributed by atoms with E-state index in [1.54, 1.807) is 7.11 Å². The number of hydrogen-bond donors (Lipinski definition) is 2. The number of phenolic OH excluding ortho intramolecular Hbond substituents is 1. The second-order valence-corrected chi connectivity index (χ2v) is 5.94. The fraction of sp³-hybridized carbons (Fsp3) is 0.600. The van der Waals surface area contributed by atoms with Crippen molar-refractivity contribution in [2.75, 3.05) is 20.3 Å². The Morgan fingerprint density at radius 3 is 3.00 bits per heavy atom. The Kier molecular flexibility index (Phi) is 6.13. The average Bonchev–Trinajstić information content (AvgIpc) is 2.48. The molecule has 1 aliphatic heterocycles.